The van der Waals surface area contributed by atoms with Crippen LogP contribution in [0.25, 0.3) is 0 Å². The summed E-state index contributed by atoms with van der Waals surface area (Å²) in [6.07, 6.45) is 8.51. The van der Waals surface area contributed by atoms with Crippen molar-refractivity contribution in [3.63, 3.8) is 0 Å². The monoisotopic (exact) mass is 206 g/mol. The van der Waals surface area contributed by atoms with Crippen molar-refractivity contribution in [3.8, 4) is 0 Å². The molecule has 1 aliphatic heterocycles. The number of esters is 1. The fraction of sp³-hybridized carbons (Fsp3) is 0.923. The largest absolute Gasteiger partial charge is 0.459 e. The van der Waals surface area contributed by atoms with Crippen molar-refractivity contribution in [1.82, 2.24) is 0 Å². The molecule has 4 rings (SSSR count). The average Bonchev–Trinajstić information content (AvgIpc) is 2.92. The Morgan fingerprint density at radius 2 is 2.00 bits per heavy atom. The highest BCUT2D eigenvalue weighted by Gasteiger charge is 2.63. The van der Waals surface area contributed by atoms with Crippen LogP contribution in [0.2, 0.25) is 0 Å². The van der Waals surface area contributed by atoms with E-state index in [0.29, 0.717) is 6.42 Å². The average molecular weight is 206 g/mol. The fourth-order valence-corrected chi connectivity index (χ4v) is 5.28. The summed E-state index contributed by atoms with van der Waals surface area (Å²) in [7, 11) is 0. The van der Waals surface area contributed by atoms with Gasteiger partial charge in [-0.2, -0.15) is 0 Å². The van der Waals surface area contributed by atoms with Crippen LogP contribution < -0.4 is 0 Å². The van der Waals surface area contributed by atoms with Crippen molar-refractivity contribution in [2.24, 2.45) is 23.7 Å². The maximum absolute atomic E-state index is 11.4. The number of rotatable bonds is 0. The Bertz CT molecular complexity index is 324. The molecule has 5 unspecified atom stereocenters. The van der Waals surface area contributed by atoms with Gasteiger partial charge in [-0.15, -0.1) is 0 Å². The van der Waals surface area contributed by atoms with Crippen LogP contribution in [0, 0.1) is 23.7 Å². The van der Waals surface area contributed by atoms with Crippen LogP contribution in [0.3, 0.4) is 0 Å². The van der Waals surface area contributed by atoms with Gasteiger partial charge in [0.25, 0.3) is 0 Å². The van der Waals surface area contributed by atoms with Crippen LogP contribution in [0.4, 0.5) is 0 Å². The van der Waals surface area contributed by atoms with E-state index in [2.05, 4.69) is 0 Å². The first kappa shape index (κ1) is 8.60. The zero-order chi connectivity index (χ0) is 10.0. The molecule has 3 saturated carbocycles. The molecule has 1 saturated heterocycles. The lowest BCUT2D eigenvalue weighted by Crippen LogP contribution is -2.38. The van der Waals surface area contributed by atoms with E-state index in [9.17, 15) is 4.79 Å². The smallest absolute Gasteiger partial charge is 0.306 e. The van der Waals surface area contributed by atoms with Crippen molar-refractivity contribution < 1.29 is 9.53 Å². The quantitative estimate of drug-likeness (QED) is 0.569. The van der Waals surface area contributed by atoms with Crippen molar-refractivity contribution in [2.45, 2.75) is 50.5 Å². The summed E-state index contributed by atoms with van der Waals surface area (Å²) >= 11 is 0. The first-order valence-electron chi connectivity index (χ1n) is 6.50. The maximum atomic E-state index is 11.4. The number of fused-ring (bicyclic) bond motifs is 6. The number of carbonyl (C=O) groups excluding carboxylic acids is 1. The van der Waals surface area contributed by atoms with E-state index in [-0.39, 0.29) is 11.6 Å². The van der Waals surface area contributed by atoms with Crippen molar-refractivity contribution >= 4 is 5.97 Å². The second-order valence-corrected chi connectivity index (χ2v) is 6.10. The van der Waals surface area contributed by atoms with Crippen LogP contribution >= 0.6 is 0 Å². The Morgan fingerprint density at radius 1 is 1.13 bits per heavy atom. The first-order chi connectivity index (χ1) is 7.28. The van der Waals surface area contributed by atoms with Crippen LogP contribution in [0.15, 0.2) is 0 Å². The molecule has 0 aromatic carbocycles. The molecule has 0 radical (unpaired) electrons. The van der Waals surface area contributed by atoms with Crippen LogP contribution in [0.5, 0.6) is 0 Å². The molecule has 4 fully saturated rings. The first-order valence-corrected chi connectivity index (χ1v) is 6.50. The highest BCUT2D eigenvalue weighted by Crippen LogP contribution is 2.64. The van der Waals surface area contributed by atoms with E-state index in [1.165, 1.54) is 32.1 Å². The molecule has 82 valence electrons. The van der Waals surface area contributed by atoms with Crippen molar-refractivity contribution in [1.29, 1.82) is 0 Å². The summed E-state index contributed by atoms with van der Waals surface area (Å²) in [6, 6.07) is 0. The van der Waals surface area contributed by atoms with Crippen molar-refractivity contribution in [3.05, 3.63) is 0 Å². The Hall–Kier alpha value is -0.530. The van der Waals surface area contributed by atoms with Gasteiger partial charge in [-0.3, -0.25) is 4.79 Å². The standard InChI is InChI=1S/C13H18O2/c14-11-4-6-13(15-11)5-3-10-8-1-2-9(7-8)12(10)13/h8-10,12H,1-7H2. The van der Waals surface area contributed by atoms with Gasteiger partial charge in [0, 0.05) is 12.3 Å². The minimum Gasteiger partial charge on any atom is -0.459 e. The van der Waals surface area contributed by atoms with E-state index in [0.717, 1.165) is 30.1 Å². The molecule has 4 aliphatic rings. The second-order valence-electron chi connectivity index (χ2n) is 6.10. The zero-order valence-corrected chi connectivity index (χ0v) is 9.08. The SMILES string of the molecule is O=C1CCC2(CCC3C4CCC(C4)C32)O1. The van der Waals surface area contributed by atoms with Crippen LogP contribution in [-0.2, 0) is 9.53 Å². The number of hydrogen-bond acceptors (Lipinski definition) is 2. The summed E-state index contributed by atoms with van der Waals surface area (Å²) in [4.78, 5) is 11.4. The summed E-state index contributed by atoms with van der Waals surface area (Å²) in [5.74, 6) is 3.61. The molecular formula is C13H18O2. The third-order valence-corrected chi connectivity index (χ3v) is 5.67. The van der Waals surface area contributed by atoms with Gasteiger partial charge in [-0.25, -0.2) is 0 Å². The summed E-state index contributed by atoms with van der Waals surface area (Å²) < 4.78 is 5.74. The van der Waals surface area contributed by atoms with Gasteiger partial charge >= 0.3 is 5.97 Å². The Kier molecular flexibility index (Phi) is 1.48. The van der Waals surface area contributed by atoms with Crippen LogP contribution in [0.1, 0.15) is 44.9 Å². The van der Waals surface area contributed by atoms with E-state index in [1.54, 1.807) is 0 Å². The van der Waals surface area contributed by atoms with E-state index >= 15 is 0 Å². The van der Waals surface area contributed by atoms with E-state index in [1.807, 2.05) is 0 Å². The Morgan fingerprint density at radius 3 is 2.80 bits per heavy atom. The number of hydrogen-bond donors (Lipinski definition) is 0. The Labute approximate surface area is 90.4 Å². The zero-order valence-electron chi connectivity index (χ0n) is 9.08. The maximum Gasteiger partial charge on any atom is 0.306 e. The van der Waals surface area contributed by atoms with E-state index in [4.69, 9.17) is 4.74 Å². The molecule has 5 atom stereocenters. The molecule has 15 heavy (non-hydrogen) atoms. The summed E-state index contributed by atoms with van der Waals surface area (Å²) in [6.45, 7) is 0. The third-order valence-electron chi connectivity index (χ3n) is 5.67. The van der Waals surface area contributed by atoms with E-state index < -0.39 is 0 Å². The van der Waals surface area contributed by atoms with Crippen molar-refractivity contribution in [2.75, 3.05) is 0 Å². The third kappa shape index (κ3) is 0.938. The second kappa shape index (κ2) is 2.58. The lowest BCUT2D eigenvalue weighted by Gasteiger charge is -2.35. The highest BCUT2D eigenvalue weighted by molar-refractivity contribution is 5.72. The molecular weight excluding hydrogens is 188 g/mol. The predicted molar refractivity (Wildman–Crippen MR) is 55.1 cm³/mol. The highest BCUT2D eigenvalue weighted by atomic mass is 16.6. The lowest BCUT2D eigenvalue weighted by molar-refractivity contribution is -0.153. The van der Waals surface area contributed by atoms with Gasteiger partial charge in [0.1, 0.15) is 5.60 Å². The van der Waals surface area contributed by atoms with Gasteiger partial charge < -0.3 is 4.74 Å². The molecule has 2 nitrogen and oxygen atoms in total. The number of ether oxygens (including phenoxy) is 1. The predicted octanol–water partition coefficient (Wildman–Crippen LogP) is 2.52. The molecule has 1 heterocycles. The van der Waals surface area contributed by atoms with Gasteiger partial charge in [-0.1, -0.05) is 0 Å². The molecule has 1 spiro atoms. The molecule has 3 aliphatic carbocycles. The number of carbonyl (C=O) groups is 1. The summed E-state index contributed by atoms with van der Waals surface area (Å²) in [5, 5.41) is 0. The Balaban J connectivity index is 1.70. The lowest BCUT2D eigenvalue weighted by atomic mass is 9.75. The normalized spacial score (nSPS) is 56.4. The molecule has 0 aromatic rings. The van der Waals surface area contributed by atoms with Gasteiger partial charge in [0.05, 0.1) is 0 Å². The van der Waals surface area contributed by atoms with Gasteiger partial charge in [-0.05, 0) is 56.3 Å². The molecule has 0 aromatic heterocycles. The van der Waals surface area contributed by atoms with Crippen LogP contribution in [-0.4, -0.2) is 11.6 Å². The summed E-state index contributed by atoms with van der Waals surface area (Å²) in [5.41, 5.74) is 0.0155. The topological polar surface area (TPSA) is 26.3 Å². The molecule has 0 amide bonds. The van der Waals surface area contributed by atoms with Gasteiger partial charge in [0.2, 0.25) is 0 Å². The molecule has 2 heteroatoms. The van der Waals surface area contributed by atoms with Gasteiger partial charge in [0.15, 0.2) is 0 Å². The molecule has 2 bridgehead atoms. The minimum atomic E-state index is 0.0155. The fourth-order valence-electron chi connectivity index (χ4n) is 5.28. The minimum absolute atomic E-state index is 0.0155. The molecule has 0 N–H and O–H groups in total.